The van der Waals surface area contributed by atoms with Crippen molar-refractivity contribution in [3.8, 4) is 22.5 Å². The summed E-state index contributed by atoms with van der Waals surface area (Å²) in [5, 5.41) is 7.62. The Balaban J connectivity index is 1.18. The van der Waals surface area contributed by atoms with Gasteiger partial charge in [-0.1, -0.05) is 84.9 Å². The summed E-state index contributed by atoms with van der Waals surface area (Å²) in [6, 6.07) is 52.6. The van der Waals surface area contributed by atoms with Gasteiger partial charge in [-0.15, -0.1) is 11.3 Å². The molecule has 0 saturated carbocycles. The second-order valence-corrected chi connectivity index (χ2v) is 12.7. The molecule has 0 unspecified atom stereocenters. The van der Waals surface area contributed by atoms with E-state index in [4.69, 9.17) is 4.98 Å². The molecular formula is C41H25N3S. The van der Waals surface area contributed by atoms with Crippen molar-refractivity contribution in [1.82, 2.24) is 14.1 Å². The van der Waals surface area contributed by atoms with Crippen LogP contribution in [0.5, 0.6) is 0 Å². The molecular weight excluding hydrogens is 567 g/mol. The topological polar surface area (TPSA) is 22.8 Å². The summed E-state index contributed by atoms with van der Waals surface area (Å²) in [7, 11) is 0. The summed E-state index contributed by atoms with van der Waals surface area (Å²) in [5.74, 6) is 0. The highest BCUT2D eigenvalue weighted by molar-refractivity contribution is 7.26. The molecule has 4 heteroatoms. The number of rotatable bonds is 3. The fourth-order valence-corrected chi connectivity index (χ4v) is 8.48. The third-order valence-electron chi connectivity index (χ3n) is 9.16. The first-order chi connectivity index (χ1) is 22.3. The second kappa shape index (κ2) is 9.39. The number of hydrogen-bond donors (Lipinski definition) is 0. The van der Waals surface area contributed by atoms with Crippen molar-refractivity contribution >= 4 is 75.3 Å². The SMILES string of the molecule is c1cc(-c2cccc(-n3c4ccc5c6ccccc6sc5c4c4cccnc43)c2)cc(-n2c3ccccc3c3ccccc32)c1. The number of para-hydroxylation sites is 2. The van der Waals surface area contributed by atoms with Crippen LogP contribution < -0.4 is 0 Å². The molecule has 0 aliphatic carbocycles. The van der Waals surface area contributed by atoms with E-state index >= 15 is 0 Å². The molecule has 4 aromatic heterocycles. The van der Waals surface area contributed by atoms with Crippen molar-refractivity contribution in [2.45, 2.75) is 0 Å². The van der Waals surface area contributed by atoms with Crippen molar-refractivity contribution in [2.75, 3.05) is 0 Å². The van der Waals surface area contributed by atoms with Gasteiger partial charge in [0.25, 0.3) is 0 Å². The first-order valence-electron chi connectivity index (χ1n) is 15.2. The van der Waals surface area contributed by atoms with Gasteiger partial charge in [-0.05, 0) is 71.8 Å². The van der Waals surface area contributed by atoms with Crippen LogP contribution in [0, 0.1) is 0 Å². The van der Waals surface area contributed by atoms with E-state index in [9.17, 15) is 0 Å². The van der Waals surface area contributed by atoms with Crippen LogP contribution in [-0.2, 0) is 0 Å². The van der Waals surface area contributed by atoms with Crippen LogP contribution in [0.25, 0.3) is 86.4 Å². The molecule has 3 nitrogen and oxygen atoms in total. The number of benzene rings is 6. The molecule has 45 heavy (non-hydrogen) atoms. The van der Waals surface area contributed by atoms with Gasteiger partial charge in [0.05, 0.1) is 16.6 Å². The van der Waals surface area contributed by atoms with E-state index in [1.54, 1.807) is 0 Å². The fraction of sp³-hybridized carbons (Fsp3) is 0. The van der Waals surface area contributed by atoms with E-state index in [1.165, 1.54) is 69.4 Å². The Morgan fingerprint density at radius 2 is 1.07 bits per heavy atom. The number of thiophene rings is 1. The molecule has 0 fully saturated rings. The number of aromatic nitrogens is 3. The van der Waals surface area contributed by atoms with Gasteiger partial charge in [-0.25, -0.2) is 4.98 Å². The predicted octanol–water partition coefficient (Wildman–Crippen LogP) is 11.3. The Kier molecular flexibility index (Phi) is 5.16. The lowest BCUT2D eigenvalue weighted by atomic mass is 10.0. The summed E-state index contributed by atoms with van der Waals surface area (Å²) in [6.45, 7) is 0. The van der Waals surface area contributed by atoms with Crippen molar-refractivity contribution in [3.05, 3.63) is 152 Å². The van der Waals surface area contributed by atoms with Gasteiger partial charge < -0.3 is 4.57 Å². The van der Waals surface area contributed by atoms with Crippen LogP contribution in [0.4, 0.5) is 0 Å². The van der Waals surface area contributed by atoms with E-state index in [1.807, 2.05) is 17.5 Å². The Labute approximate surface area is 262 Å². The third-order valence-corrected chi connectivity index (χ3v) is 10.4. The Hall–Kier alpha value is -5.71. The molecule has 6 aromatic carbocycles. The van der Waals surface area contributed by atoms with Crippen LogP contribution in [0.3, 0.4) is 0 Å². The van der Waals surface area contributed by atoms with Crippen molar-refractivity contribution in [1.29, 1.82) is 0 Å². The molecule has 210 valence electrons. The minimum atomic E-state index is 0.980. The van der Waals surface area contributed by atoms with E-state index in [-0.39, 0.29) is 0 Å². The smallest absolute Gasteiger partial charge is 0.145 e. The maximum atomic E-state index is 4.93. The van der Waals surface area contributed by atoms with E-state index in [0.29, 0.717) is 0 Å². The highest BCUT2D eigenvalue weighted by Crippen LogP contribution is 2.43. The number of nitrogens with zero attached hydrogens (tertiary/aromatic N) is 3. The molecule has 10 rings (SSSR count). The molecule has 0 atom stereocenters. The Bertz CT molecular complexity index is 2720. The van der Waals surface area contributed by atoms with E-state index in [2.05, 4.69) is 155 Å². The standard InChI is InChI=1S/C41H25N3S/c1-4-18-35-30(14-1)31-15-2-5-19-36(31)43(35)28-12-7-10-26(24-28)27-11-8-13-29(25-27)44-37-22-21-33-32-16-3-6-20-38(32)45-40(33)39(37)34-17-9-23-42-41(34)44/h1-25H. The summed E-state index contributed by atoms with van der Waals surface area (Å²) in [5.41, 5.74) is 9.20. The largest absolute Gasteiger partial charge is 0.309 e. The Morgan fingerprint density at radius 1 is 0.444 bits per heavy atom. The first-order valence-corrected chi connectivity index (χ1v) is 16.0. The van der Waals surface area contributed by atoms with Crippen LogP contribution in [-0.4, -0.2) is 14.1 Å². The summed E-state index contributed by atoms with van der Waals surface area (Å²) in [6.07, 6.45) is 1.90. The summed E-state index contributed by atoms with van der Waals surface area (Å²) < 4.78 is 7.34. The van der Waals surface area contributed by atoms with Crippen molar-refractivity contribution in [2.24, 2.45) is 0 Å². The monoisotopic (exact) mass is 591 g/mol. The normalized spacial score (nSPS) is 12.0. The molecule has 0 saturated heterocycles. The molecule has 0 spiro atoms. The van der Waals surface area contributed by atoms with Gasteiger partial charge in [-0.3, -0.25) is 4.57 Å². The van der Waals surface area contributed by atoms with Crippen molar-refractivity contribution in [3.63, 3.8) is 0 Å². The van der Waals surface area contributed by atoms with Crippen LogP contribution in [0.2, 0.25) is 0 Å². The number of pyridine rings is 1. The number of hydrogen-bond acceptors (Lipinski definition) is 2. The highest BCUT2D eigenvalue weighted by Gasteiger charge is 2.18. The summed E-state index contributed by atoms with van der Waals surface area (Å²) >= 11 is 1.87. The average Bonchev–Trinajstić information content (AvgIpc) is 3.76. The maximum Gasteiger partial charge on any atom is 0.145 e. The Morgan fingerprint density at radius 3 is 1.80 bits per heavy atom. The molecule has 0 aliphatic rings. The lowest BCUT2D eigenvalue weighted by Crippen LogP contribution is -1.96. The third kappa shape index (κ3) is 3.54. The average molecular weight is 592 g/mol. The minimum Gasteiger partial charge on any atom is -0.309 e. The van der Waals surface area contributed by atoms with Crippen molar-refractivity contribution < 1.29 is 0 Å². The molecule has 10 aromatic rings. The van der Waals surface area contributed by atoms with Gasteiger partial charge in [-0.2, -0.15) is 0 Å². The molecule has 0 radical (unpaired) electrons. The lowest BCUT2D eigenvalue weighted by Gasteiger charge is -2.12. The second-order valence-electron chi connectivity index (χ2n) is 11.6. The fourth-order valence-electron chi connectivity index (χ4n) is 7.22. The van der Waals surface area contributed by atoms with Gasteiger partial charge >= 0.3 is 0 Å². The molecule has 4 heterocycles. The zero-order chi connectivity index (χ0) is 29.5. The maximum absolute atomic E-state index is 4.93. The quantitative estimate of drug-likeness (QED) is 0.200. The van der Waals surface area contributed by atoms with Gasteiger partial charge in [0, 0.05) is 59.3 Å². The minimum absolute atomic E-state index is 0.980. The van der Waals surface area contributed by atoms with Crippen LogP contribution in [0.1, 0.15) is 0 Å². The highest BCUT2D eigenvalue weighted by atomic mass is 32.1. The molecule has 0 aliphatic heterocycles. The van der Waals surface area contributed by atoms with Crippen LogP contribution in [0.15, 0.2) is 152 Å². The first kappa shape index (κ1) is 24.7. The van der Waals surface area contributed by atoms with Gasteiger partial charge in [0.1, 0.15) is 5.65 Å². The number of fused-ring (bicyclic) bond motifs is 10. The van der Waals surface area contributed by atoms with Gasteiger partial charge in [0.15, 0.2) is 0 Å². The zero-order valence-electron chi connectivity index (χ0n) is 24.2. The van der Waals surface area contributed by atoms with Crippen LogP contribution >= 0.6 is 11.3 Å². The molecule has 0 amide bonds. The molecule has 0 N–H and O–H groups in total. The van der Waals surface area contributed by atoms with E-state index in [0.717, 1.165) is 17.0 Å². The van der Waals surface area contributed by atoms with Gasteiger partial charge in [0.2, 0.25) is 0 Å². The lowest BCUT2D eigenvalue weighted by molar-refractivity contribution is 1.14. The predicted molar refractivity (Wildman–Crippen MR) is 191 cm³/mol. The summed E-state index contributed by atoms with van der Waals surface area (Å²) in [4.78, 5) is 4.93. The van der Waals surface area contributed by atoms with E-state index < -0.39 is 0 Å². The zero-order valence-corrected chi connectivity index (χ0v) is 25.0. The molecule has 0 bridgehead atoms.